The van der Waals surface area contributed by atoms with Crippen LogP contribution in [0.15, 0.2) is 12.5 Å². The molecule has 0 radical (unpaired) electrons. The van der Waals surface area contributed by atoms with Gasteiger partial charge in [-0.15, -0.1) is 0 Å². The molecule has 1 amide bonds. The first-order valence-corrected chi connectivity index (χ1v) is 5.50. The number of carbonyl (C=O) groups excluding carboxylic acids is 1. The van der Waals surface area contributed by atoms with Gasteiger partial charge >= 0.3 is 5.97 Å². The van der Waals surface area contributed by atoms with E-state index < -0.39 is 5.97 Å². The van der Waals surface area contributed by atoms with Gasteiger partial charge in [-0.3, -0.25) is 9.59 Å². The van der Waals surface area contributed by atoms with Gasteiger partial charge in [-0.1, -0.05) is 13.8 Å². The van der Waals surface area contributed by atoms with E-state index in [1.807, 2.05) is 13.8 Å². The summed E-state index contributed by atoms with van der Waals surface area (Å²) < 4.78 is 0. The van der Waals surface area contributed by atoms with Gasteiger partial charge in [0.05, 0.1) is 18.9 Å². The van der Waals surface area contributed by atoms with Crippen molar-refractivity contribution in [2.75, 3.05) is 0 Å². The third kappa shape index (κ3) is 4.67. The van der Waals surface area contributed by atoms with Gasteiger partial charge in [-0.2, -0.15) is 0 Å². The van der Waals surface area contributed by atoms with E-state index in [9.17, 15) is 9.59 Å². The zero-order valence-electron chi connectivity index (χ0n) is 9.93. The van der Waals surface area contributed by atoms with E-state index in [1.54, 1.807) is 0 Å². The minimum Gasteiger partial charge on any atom is -0.481 e. The van der Waals surface area contributed by atoms with Crippen LogP contribution in [0.1, 0.15) is 37.2 Å². The minimum atomic E-state index is -0.916. The summed E-state index contributed by atoms with van der Waals surface area (Å²) in [6.45, 7) is 3.97. The average Bonchev–Trinajstić information content (AvgIpc) is 2.67. The predicted molar refractivity (Wildman–Crippen MR) is 61.5 cm³/mol. The minimum absolute atomic E-state index is 0.0714. The Hall–Kier alpha value is -1.85. The summed E-state index contributed by atoms with van der Waals surface area (Å²) in [7, 11) is 0. The molecule has 0 saturated carbocycles. The fourth-order valence-corrected chi connectivity index (χ4v) is 1.62. The van der Waals surface area contributed by atoms with E-state index in [-0.39, 0.29) is 18.4 Å². The predicted octanol–water partition coefficient (Wildman–Crippen LogP) is 1.03. The Bertz CT molecular complexity index is 373. The number of carbonyl (C=O) groups is 2. The van der Waals surface area contributed by atoms with Crippen molar-refractivity contribution in [3.8, 4) is 0 Å². The highest BCUT2D eigenvalue weighted by molar-refractivity contribution is 5.92. The molecule has 1 aromatic rings. The van der Waals surface area contributed by atoms with E-state index in [2.05, 4.69) is 15.3 Å². The van der Waals surface area contributed by atoms with Crippen LogP contribution in [0.2, 0.25) is 0 Å². The molecule has 0 aromatic carbocycles. The zero-order chi connectivity index (χ0) is 12.8. The molecule has 1 atom stereocenters. The van der Waals surface area contributed by atoms with Crippen LogP contribution in [0.25, 0.3) is 0 Å². The Balaban J connectivity index is 2.59. The topological polar surface area (TPSA) is 95.1 Å². The largest absolute Gasteiger partial charge is 0.481 e. The molecule has 0 aliphatic rings. The normalized spacial score (nSPS) is 12.4. The Morgan fingerprint density at radius 2 is 2.24 bits per heavy atom. The quantitative estimate of drug-likeness (QED) is 0.691. The van der Waals surface area contributed by atoms with Crippen molar-refractivity contribution in [3.63, 3.8) is 0 Å². The van der Waals surface area contributed by atoms with Crippen LogP contribution in [-0.4, -0.2) is 33.0 Å². The number of nitrogens with one attached hydrogen (secondary N) is 2. The average molecular weight is 239 g/mol. The van der Waals surface area contributed by atoms with E-state index in [1.165, 1.54) is 12.5 Å². The van der Waals surface area contributed by atoms with Gasteiger partial charge < -0.3 is 15.4 Å². The molecule has 3 N–H and O–H groups in total. The number of imidazole rings is 1. The number of aromatic nitrogens is 2. The fourth-order valence-electron chi connectivity index (χ4n) is 1.62. The second-order valence-electron chi connectivity index (χ2n) is 4.36. The fraction of sp³-hybridized carbons (Fsp3) is 0.545. The number of aliphatic carboxylic acids is 1. The van der Waals surface area contributed by atoms with E-state index >= 15 is 0 Å². The lowest BCUT2D eigenvalue weighted by atomic mass is 10.0. The molecular formula is C11H17N3O3. The summed E-state index contributed by atoms with van der Waals surface area (Å²) in [5, 5.41) is 11.5. The number of hydrogen-bond donors (Lipinski definition) is 3. The molecular weight excluding hydrogens is 222 g/mol. The van der Waals surface area contributed by atoms with Gasteiger partial charge in [0.15, 0.2) is 0 Å². The lowest BCUT2D eigenvalue weighted by Crippen LogP contribution is -2.37. The third-order valence-electron chi connectivity index (χ3n) is 2.26. The first kappa shape index (κ1) is 13.2. The summed E-state index contributed by atoms with van der Waals surface area (Å²) in [5.41, 5.74) is 0.337. The van der Waals surface area contributed by atoms with E-state index in [0.29, 0.717) is 18.0 Å². The highest BCUT2D eigenvalue weighted by Gasteiger charge is 2.18. The number of nitrogens with zero attached hydrogens (tertiary/aromatic N) is 1. The number of aromatic amines is 1. The second-order valence-corrected chi connectivity index (χ2v) is 4.36. The van der Waals surface area contributed by atoms with Crippen molar-refractivity contribution >= 4 is 11.9 Å². The van der Waals surface area contributed by atoms with Gasteiger partial charge in [0.1, 0.15) is 5.69 Å². The molecule has 94 valence electrons. The molecule has 6 heteroatoms. The second kappa shape index (κ2) is 6.03. The number of H-pyrrole nitrogens is 1. The monoisotopic (exact) mass is 239 g/mol. The molecule has 1 aromatic heterocycles. The summed E-state index contributed by atoms with van der Waals surface area (Å²) in [6, 6.07) is -0.358. The SMILES string of the molecule is CC(C)C[C@@H](CC(=O)O)NC(=O)c1cnc[nH]1. The Kier molecular flexibility index (Phi) is 4.68. The lowest BCUT2D eigenvalue weighted by molar-refractivity contribution is -0.137. The molecule has 1 rings (SSSR count). The van der Waals surface area contributed by atoms with E-state index in [4.69, 9.17) is 5.11 Å². The maximum absolute atomic E-state index is 11.7. The van der Waals surface area contributed by atoms with Crippen LogP contribution in [0.3, 0.4) is 0 Å². The summed E-state index contributed by atoms with van der Waals surface area (Å²) in [4.78, 5) is 28.8. The Labute approximate surface area is 99.4 Å². The molecule has 0 unspecified atom stereocenters. The highest BCUT2D eigenvalue weighted by Crippen LogP contribution is 2.08. The highest BCUT2D eigenvalue weighted by atomic mass is 16.4. The molecule has 0 spiro atoms. The molecule has 0 fully saturated rings. The van der Waals surface area contributed by atoms with Crippen molar-refractivity contribution < 1.29 is 14.7 Å². The van der Waals surface area contributed by atoms with Crippen molar-refractivity contribution in [1.82, 2.24) is 15.3 Å². The number of carboxylic acid groups (broad SMARTS) is 1. The van der Waals surface area contributed by atoms with Gasteiger partial charge in [0, 0.05) is 6.04 Å². The zero-order valence-corrected chi connectivity index (χ0v) is 9.93. The van der Waals surface area contributed by atoms with Crippen LogP contribution in [0.5, 0.6) is 0 Å². The summed E-state index contributed by atoms with van der Waals surface area (Å²) in [6.07, 6.45) is 3.37. The van der Waals surface area contributed by atoms with Crippen LogP contribution in [0.4, 0.5) is 0 Å². The van der Waals surface area contributed by atoms with Crippen LogP contribution in [0, 0.1) is 5.92 Å². The number of amides is 1. The van der Waals surface area contributed by atoms with Gasteiger partial charge in [-0.25, -0.2) is 4.98 Å². The number of rotatable bonds is 6. The standard InChI is InChI=1S/C11H17N3O3/c1-7(2)3-8(4-10(15)16)14-11(17)9-5-12-6-13-9/h5-8H,3-4H2,1-2H3,(H,12,13)(H,14,17)(H,15,16)/t8-/m0/s1. The molecule has 0 aliphatic carbocycles. The maximum atomic E-state index is 11.7. The van der Waals surface area contributed by atoms with Crippen molar-refractivity contribution in [2.24, 2.45) is 5.92 Å². The molecule has 6 nitrogen and oxygen atoms in total. The smallest absolute Gasteiger partial charge is 0.305 e. The molecule has 17 heavy (non-hydrogen) atoms. The number of hydrogen-bond acceptors (Lipinski definition) is 3. The maximum Gasteiger partial charge on any atom is 0.305 e. The van der Waals surface area contributed by atoms with Crippen molar-refractivity contribution in [2.45, 2.75) is 32.7 Å². The van der Waals surface area contributed by atoms with Gasteiger partial charge in [0.25, 0.3) is 5.91 Å². The molecule has 1 heterocycles. The number of carboxylic acids is 1. The summed E-state index contributed by atoms with van der Waals surface area (Å²) >= 11 is 0. The molecule has 0 saturated heterocycles. The summed E-state index contributed by atoms with van der Waals surface area (Å²) in [5.74, 6) is -0.920. The molecule has 0 bridgehead atoms. The van der Waals surface area contributed by atoms with Crippen molar-refractivity contribution in [3.05, 3.63) is 18.2 Å². The van der Waals surface area contributed by atoms with E-state index in [0.717, 1.165) is 0 Å². The first-order valence-electron chi connectivity index (χ1n) is 5.50. The Morgan fingerprint density at radius 3 is 2.71 bits per heavy atom. The lowest BCUT2D eigenvalue weighted by Gasteiger charge is -2.18. The molecule has 0 aliphatic heterocycles. The first-order chi connectivity index (χ1) is 7.99. The van der Waals surface area contributed by atoms with Crippen LogP contribution >= 0.6 is 0 Å². The van der Waals surface area contributed by atoms with Crippen LogP contribution in [-0.2, 0) is 4.79 Å². The third-order valence-corrected chi connectivity index (χ3v) is 2.26. The van der Waals surface area contributed by atoms with Crippen LogP contribution < -0.4 is 5.32 Å². The van der Waals surface area contributed by atoms with Crippen molar-refractivity contribution in [1.29, 1.82) is 0 Å². The van der Waals surface area contributed by atoms with Gasteiger partial charge in [0.2, 0.25) is 0 Å². The van der Waals surface area contributed by atoms with Gasteiger partial charge in [-0.05, 0) is 12.3 Å². The Morgan fingerprint density at radius 1 is 1.53 bits per heavy atom.